The van der Waals surface area contributed by atoms with Gasteiger partial charge in [0, 0.05) is 11.5 Å². The smallest absolute Gasteiger partial charge is 0.166 e. The Hall–Kier alpha value is -1.89. The van der Waals surface area contributed by atoms with E-state index in [1.165, 1.54) is 24.0 Å². The fourth-order valence-electron chi connectivity index (χ4n) is 2.98. The largest absolute Gasteiger partial charge is 0.294 e. The maximum atomic E-state index is 12.5. The number of carbonyl (C=O) groups excluding carboxylic acids is 1. The lowest BCUT2D eigenvalue weighted by Gasteiger charge is -2.04. The zero-order valence-corrected chi connectivity index (χ0v) is 12.6. The van der Waals surface area contributed by atoms with Gasteiger partial charge in [-0.05, 0) is 36.3 Å². The Labute approximate surface area is 127 Å². The van der Waals surface area contributed by atoms with Crippen molar-refractivity contribution in [2.24, 2.45) is 5.92 Å². The second kappa shape index (κ2) is 6.26. The number of aryl methyl sites for hydroxylation is 1. The van der Waals surface area contributed by atoms with Crippen molar-refractivity contribution < 1.29 is 4.79 Å². The van der Waals surface area contributed by atoms with E-state index in [1.54, 1.807) is 0 Å². The van der Waals surface area contributed by atoms with E-state index < -0.39 is 0 Å². The summed E-state index contributed by atoms with van der Waals surface area (Å²) < 4.78 is 0. The molecule has 2 atom stereocenters. The molecule has 0 aromatic heterocycles. The van der Waals surface area contributed by atoms with E-state index in [-0.39, 0.29) is 5.92 Å². The van der Waals surface area contributed by atoms with Crippen LogP contribution in [0.15, 0.2) is 54.6 Å². The van der Waals surface area contributed by atoms with Gasteiger partial charge in [0.25, 0.3) is 0 Å². The van der Waals surface area contributed by atoms with E-state index in [0.717, 1.165) is 18.4 Å². The highest BCUT2D eigenvalue weighted by Crippen LogP contribution is 2.49. The molecule has 2 aromatic carbocycles. The first-order valence-electron chi connectivity index (χ1n) is 7.97. The van der Waals surface area contributed by atoms with Crippen LogP contribution in [0.5, 0.6) is 0 Å². The van der Waals surface area contributed by atoms with Crippen molar-refractivity contribution in [1.29, 1.82) is 0 Å². The Morgan fingerprint density at radius 3 is 2.43 bits per heavy atom. The predicted octanol–water partition coefficient (Wildman–Crippen LogP) is 5.02. The fraction of sp³-hybridized carbons (Fsp3) is 0.350. The third-order valence-corrected chi connectivity index (χ3v) is 4.41. The van der Waals surface area contributed by atoms with E-state index in [0.29, 0.717) is 11.7 Å². The Morgan fingerprint density at radius 1 is 1.05 bits per heavy atom. The van der Waals surface area contributed by atoms with Gasteiger partial charge in [-0.2, -0.15) is 0 Å². The number of ketones is 1. The number of unbranched alkanes of at least 4 members (excludes halogenated alkanes) is 1. The van der Waals surface area contributed by atoms with Crippen LogP contribution in [0.2, 0.25) is 0 Å². The van der Waals surface area contributed by atoms with Gasteiger partial charge in [-0.15, -0.1) is 0 Å². The van der Waals surface area contributed by atoms with Gasteiger partial charge in [-0.3, -0.25) is 4.79 Å². The van der Waals surface area contributed by atoms with E-state index in [1.807, 2.05) is 18.2 Å². The third kappa shape index (κ3) is 3.24. The monoisotopic (exact) mass is 278 g/mol. The summed E-state index contributed by atoms with van der Waals surface area (Å²) in [6, 6.07) is 18.6. The minimum atomic E-state index is 0.189. The molecule has 0 bridgehead atoms. The van der Waals surface area contributed by atoms with E-state index in [9.17, 15) is 4.79 Å². The van der Waals surface area contributed by atoms with Crippen LogP contribution in [0.3, 0.4) is 0 Å². The second-order valence-electron chi connectivity index (χ2n) is 6.02. The zero-order chi connectivity index (χ0) is 14.7. The topological polar surface area (TPSA) is 17.1 Å². The Morgan fingerprint density at radius 2 is 1.76 bits per heavy atom. The van der Waals surface area contributed by atoms with Crippen molar-refractivity contribution in [3.8, 4) is 0 Å². The molecule has 1 aliphatic rings. The zero-order valence-electron chi connectivity index (χ0n) is 12.6. The lowest BCUT2D eigenvalue weighted by Crippen LogP contribution is -2.03. The molecule has 108 valence electrons. The van der Waals surface area contributed by atoms with Crippen molar-refractivity contribution in [2.45, 2.75) is 38.5 Å². The van der Waals surface area contributed by atoms with Crippen LogP contribution < -0.4 is 0 Å². The van der Waals surface area contributed by atoms with Crippen molar-refractivity contribution in [3.63, 3.8) is 0 Å². The van der Waals surface area contributed by atoms with Gasteiger partial charge >= 0.3 is 0 Å². The summed E-state index contributed by atoms with van der Waals surface area (Å²) >= 11 is 0. The fourth-order valence-corrected chi connectivity index (χ4v) is 2.98. The molecule has 3 rings (SSSR count). The highest BCUT2D eigenvalue weighted by atomic mass is 16.1. The van der Waals surface area contributed by atoms with Crippen LogP contribution in [0, 0.1) is 5.92 Å². The molecule has 0 aliphatic heterocycles. The molecule has 0 N–H and O–H groups in total. The lowest BCUT2D eigenvalue weighted by atomic mass is 10.0. The van der Waals surface area contributed by atoms with Crippen LogP contribution in [-0.4, -0.2) is 5.78 Å². The number of Topliss-reactive ketones (excluding diaryl/α,β-unsaturated/α-hetero) is 1. The molecule has 0 heterocycles. The van der Waals surface area contributed by atoms with Crippen LogP contribution in [-0.2, 0) is 6.42 Å². The first-order chi connectivity index (χ1) is 10.3. The number of hydrogen-bond acceptors (Lipinski definition) is 1. The number of hydrogen-bond donors (Lipinski definition) is 0. The molecule has 1 nitrogen and oxygen atoms in total. The second-order valence-corrected chi connectivity index (χ2v) is 6.02. The third-order valence-electron chi connectivity index (χ3n) is 4.41. The Kier molecular flexibility index (Phi) is 4.19. The van der Waals surface area contributed by atoms with Crippen molar-refractivity contribution in [1.82, 2.24) is 0 Å². The first-order valence-corrected chi connectivity index (χ1v) is 7.97. The summed E-state index contributed by atoms with van der Waals surface area (Å²) in [6.07, 6.45) is 4.54. The molecule has 1 heteroatoms. The van der Waals surface area contributed by atoms with Crippen molar-refractivity contribution in [2.75, 3.05) is 0 Å². The average Bonchev–Trinajstić information content (AvgIpc) is 3.34. The van der Waals surface area contributed by atoms with Gasteiger partial charge in [0.2, 0.25) is 0 Å². The molecule has 21 heavy (non-hydrogen) atoms. The summed E-state index contributed by atoms with van der Waals surface area (Å²) in [5.41, 5.74) is 3.51. The van der Waals surface area contributed by atoms with E-state index in [2.05, 4.69) is 43.3 Å². The van der Waals surface area contributed by atoms with Crippen molar-refractivity contribution in [3.05, 3.63) is 71.3 Å². The summed E-state index contributed by atoms with van der Waals surface area (Å²) in [5.74, 6) is 0.929. The molecule has 0 saturated heterocycles. The predicted molar refractivity (Wildman–Crippen MR) is 86.7 cm³/mol. The summed E-state index contributed by atoms with van der Waals surface area (Å²) in [5, 5.41) is 0. The van der Waals surface area contributed by atoms with Crippen LogP contribution >= 0.6 is 0 Å². The minimum Gasteiger partial charge on any atom is -0.294 e. The van der Waals surface area contributed by atoms with Gasteiger partial charge < -0.3 is 0 Å². The van der Waals surface area contributed by atoms with E-state index in [4.69, 9.17) is 0 Å². The molecule has 0 radical (unpaired) electrons. The highest BCUT2D eigenvalue weighted by Gasteiger charge is 2.43. The maximum absolute atomic E-state index is 12.5. The van der Waals surface area contributed by atoms with Crippen LogP contribution in [0.4, 0.5) is 0 Å². The minimum absolute atomic E-state index is 0.189. The number of rotatable bonds is 6. The molecular formula is C20H22O. The molecule has 1 aliphatic carbocycles. The molecule has 1 fully saturated rings. The molecule has 0 amide bonds. The molecular weight excluding hydrogens is 256 g/mol. The summed E-state index contributed by atoms with van der Waals surface area (Å²) in [6.45, 7) is 2.20. The average molecular weight is 278 g/mol. The SMILES string of the molecule is CCCCc1ccc(C(=O)[C@@H]2C[C@H]2c2ccccc2)cc1. The molecule has 0 unspecified atom stereocenters. The number of benzene rings is 2. The van der Waals surface area contributed by atoms with Crippen molar-refractivity contribution >= 4 is 5.78 Å². The summed E-state index contributed by atoms with van der Waals surface area (Å²) in [7, 11) is 0. The first kappa shape index (κ1) is 14.1. The normalized spacial score (nSPS) is 20.2. The Balaban J connectivity index is 1.64. The summed E-state index contributed by atoms with van der Waals surface area (Å²) in [4.78, 5) is 12.5. The van der Waals surface area contributed by atoms with Crippen LogP contribution in [0.1, 0.15) is 53.6 Å². The van der Waals surface area contributed by atoms with E-state index >= 15 is 0 Å². The van der Waals surface area contributed by atoms with Gasteiger partial charge in [0.15, 0.2) is 5.78 Å². The van der Waals surface area contributed by atoms with Crippen LogP contribution in [0.25, 0.3) is 0 Å². The quantitative estimate of drug-likeness (QED) is 0.678. The molecule has 2 aromatic rings. The molecule has 0 spiro atoms. The van der Waals surface area contributed by atoms with Gasteiger partial charge in [0.05, 0.1) is 0 Å². The highest BCUT2D eigenvalue weighted by molar-refractivity contribution is 6.00. The lowest BCUT2D eigenvalue weighted by molar-refractivity contribution is 0.0965. The number of carbonyl (C=O) groups is 1. The van der Waals surface area contributed by atoms with Gasteiger partial charge in [-0.25, -0.2) is 0 Å². The standard InChI is InChI=1S/C20H22O/c1-2-3-7-15-10-12-17(13-11-15)20(21)19-14-18(19)16-8-5-4-6-9-16/h4-6,8-13,18-19H,2-3,7,14H2,1H3/t18-,19+/m0/s1. The molecule has 1 saturated carbocycles. The van der Waals surface area contributed by atoms with Gasteiger partial charge in [-0.1, -0.05) is 67.9 Å². The van der Waals surface area contributed by atoms with Gasteiger partial charge in [0.1, 0.15) is 0 Å². The Bertz CT molecular complexity index is 597. The maximum Gasteiger partial charge on any atom is 0.166 e.